The van der Waals surface area contributed by atoms with Crippen molar-refractivity contribution in [2.24, 2.45) is 5.92 Å². The summed E-state index contributed by atoms with van der Waals surface area (Å²) in [7, 11) is 0. The molecule has 2 amide bonds. The average Bonchev–Trinajstić information content (AvgIpc) is 2.43. The molecule has 1 N–H and O–H groups in total. The maximum absolute atomic E-state index is 12.4. The smallest absolute Gasteiger partial charge is 0.245 e. The third-order valence-electron chi connectivity index (χ3n) is 3.50. The molecule has 0 aromatic heterocycles. The molecule has 0 aromatic rings. The lowest BCUT2D eigenvalue weighted by molar-refractivity contribution is -0.136. The summed E-state index contributed by atoms with van der Waals surface area (Å²) in [5.74, 6) is 0.214. The standard InChI is InChI=1S/C13H24N2O2/c1-5-10(6-2)15-8-7-11(16)14-12(9(3)4)13(15)17/h9-10,12H,5-8H2,1-4H3,(H,14,16). The molecule has 1 saturated heterocycles. The van der Waals surface area contributed by atoms with E-state index in [0.29, 0.717) is 13.0 Å². The van der Waals surface area contributed by atoms with Gasteiger partial charge < -0.3 is 10.2 Å². The lowest BCUT2D eigenvalue weighted by Gasteiger charge is -2.32. The first-order valence-electron chi connectivity index (χ1n) is 6.61. The van der Waals surface area contributed by atoms with Crippen LogP contribution in [-0.4, -0.2) is 35.3 Å². The summed E-state index contributed by atoms with van der Waals surface area (Å²) in [5, 5.41) is 2.83. The van der Waals surface area contributed by atoms with E-state index in [-0.39, 0.29) is 29.8 Å². The van der Waals surface area contributed by atoms with Gasteiger partial charge in [0.2, 0.25) is 11.8 Å². The minimum Gasteiger partial charge on any atom is -0.344 e. The summed E-state index contributed by atoms with van der Waals surface area (Å²) < 4.78 is 0. The predicted octanol–water partition coefficient (Wildman–Crippen LogP) is 1.55. The summed E-state index contributed by atoms with van der Waals surface area (Å²) in [4.78, 5) is 25.9. The van der Waals surface area contributed by atoms with Crippen LogP contribution < -0.4 is 5.32 Å². The Kier molecular flexibility index (Phi) is 4.97. The zero-order valence-corrected chi connectivity index (χ0v) is 11.3. The highest BCUT2D eigenvalue weighted by Gasteiger charge is 2.34. The van der Waals surface area contributed by atoms with Crippen LogP contribution in [0.2, 0.25) is 0 Å². The van der Waals surface area contributed by atoms with Crippen LogP contribution in [0, 0.1) is 5.92 Å². The lowest BCUT2D eigenvalue weighted by atomic mass is 10.0. The Morgan fingerprint density at radius 2 is 1.88 bits per heavy atom. The number of nitrogens with one attached hydrogen (secondary N) is 1. The van der Waals surface area contributed by atoms with Crippen molar-refractivity contribution in [3.8, 4) is 0 Å². The van der Waals surface area contributed by atoms with Gasteiger partial charge in [-0.2, -0.15) is 0 Å². The van der Waals surface area contributed by atoms with Gasteiger partial charge in [0.15, 0.2) is 0 Å². The Bertz CT molecular complexity index is 285. The highest BCUT2D eigenvalue weighted by molar-refractivity contribution is 5.90. The highest BCUT2D eigenvalue weighted by Crippen LogP contribution is 2.17. The van der Waals surface area contributed by atoms with Gasteiger partial charge in [-0.15, -0.1) is 0 Å². The first-order valence-corrected chi connectivity index (χ1v) is 6.61. The van der Waals surface area contributed by atoms with E-state index in [1.807, 2.05) is 18.7 Å². The Morgan fingerprint density at radius 3 is 2.35 bits per heavy atom. The second kappa shape index (κ2) is 6.03. The van der Waals surface area contributed by atoms with Gasteiger partial charge in [-0.3, -0.25) is 9.59 Å². The summed E-state index contributed by atoms with van der Waals surface area (Å²) >= 11 is 0. The molecule has 17 heavy (non-hydrogen) atoms. The van der Waals surface area contributed by atoms with Crippen LogP contribution in [0.25, 0.3) is 0 Å². The number of hydrogen-bond acceptors (Lipinski definition) is 2. The molecular formula is C13H24N2O2. The predicted molar refractivity (Wildman–Crippen MR) is 67.5 cm³/mol. The molecule has 0 spiro atoms. The second-order valence-corrected chi connectivity index (χ2v) is 5.04. The molecule has 98 valence electrons. The van der Waals surface area contributed by atoms with Crippen molar-refractivity contribution in [1.82, 2.24) is 10.2 Å². The third-order valence-corrected chi connectivity index (χ3v) is 3.50. The Labute approximate surface area is 104 Å². The van der Waals surface area contributed by atoms with Crippen molar-refractivity contribution < 1.29 is 9.59 Å². The van der Waals surface area contributed by atoms with E-state index in [9.17, 15) is 9.59 Å². The maximum atomic E-state index is 12.4. The Balaban J connectivity index is 2.90. The molecule has 0 saturated carbocycles. The lowest BCUT2D eigenvalue weighted by Crippen LogP contribution is -2.50. The molecule has 4 heteroatoms. The van der Waals surface area contributed by atoms with Crippen molar-refractivity contribution in [3.05, 3.63) is 0 Å². The van der Waals surface area contributed by atoms with E-state index >= 15 is 0 Å². The Morgan fingerprint density at radius 1 is 1.29 bits per heavy atom. The van der Waals surface area contributed by atoms with Crippen molar-refractivity contribution in [1.29, 1.82) is 0 Å². The van der Waals surface area contributed by atoms with E-state index in [4.69, 9.17) is 0 Å². The SMILES string of the molecule is CCC(CC)N1CCC(=O)NC(C(C)C)C1=O. The first kappa shape index (κ1) is 14.0. The van der Waals surface area contributed by atoms with Gasteiger partial charge in [0.1, 0.15) is 6.04 Å². The van der Waals surface area contributed by atoms with Crippen molar-refractivity contribution in [2.75, 3.05) is 6.54 Å². The van der Waals surface area contributed by atoms with E-state index in [1.165, 1.54) is 0 Å². The molecule has 1 aliphatic heterocycles. The fraction of sp³-hybridized carbons (Fsp3) is 0.846. The van der Waals surface area contributed by atoms with Gasteiger partial charge in [-0.05, 0) is 18.8 Å². The van der Waals surface area contributed by atoms with Gasteiger partial charge >= 0.3 is 0 Å². The number of amides is 2. The van der Waals surface area contributed by atoms with Crippen LogP contribution in [0.5, 0.6) is 0 Å². The summed E-state index contributed by atoms with van der Waals surface area (Å²) in [6.45, 7) is 8.68. The van der Waals surface area contributed by atoms with Gasteiger partial charge in [0.05, 0.1) is 0 Å². The molecule has 0 bridgehead atoms. The fourth-order valence-corrected chi connectivity index (χ4v) is 2.36. The highest BCUT2D eigenvalue weighted by atomic mass is 16.2. The van der Waals surface area contributed by atoms with E-state index in [1.54, 1.807) is 0 Å². The van der Waals surface area contributed by atoms with Gasteiger partial charge in [-0.1, -0.05) is 27.7 Å². The topological polar surface area (TPSA) is 49.4 Å². The Hall–Kier alpha value is -1.06. The number of hydrogen-bond donors (Lipinski definition) is 1. The third kappa shape index (κ3) is 3.20. The fourth-order valence-electron chi connectivity index (χ4n) is 2.36. The summed E-state index contributed by atoms with van der Waals surface area (Å²) in [6, 6.07) is -0.0953. The van der Waals surface area contributed by atoms with Gasteiger partial charge in [-0.25, -0.2) is 0 Å². The zero-order valence-electron chi connectivity index (χ0n) is 11.3. The summed E-state index contributed by atoms with van der Waals surface area (Å²) in [5.41, 5.74) is 0. The molecule has 1 aliphatic rings. The van der Waals surface area contributed by atoms with Crippen LogP contribution in [0.1, 0.15) is 47.0 Å². The zero-order chi connectivity index (χ0) is 13.0. The molecule has 1 atom stereocenters. The maximum Gasteiger partial charge on any atom is 0.245 e. The molecule has 0 radical (unpaired) electrons. The second-order valence-electron chi connectivity index (χ2n) is 5.04. The minimum absolute atomic E-state index is 0.00879. The number of nitrogens with zero attached hydrogens (tertiary/aromatic N) is 1. The van der Waals surface area contributed by atoms with Gasteiger partial charge in [0, 0.05) is 19.0 Å². The largest absolute Gasteiger partial charge is 0.344 e. The first-order chi connectivity index (χ1) is 8.01. The van der Waals surface area contributed by atoms with E-state index in [0.717, 1.165) is 12.8 Å². The number of carbonyl (C=O) groups is 2. The van der Waals surface area contributed by atoms with E-state index < -0.39 is 0 Å². The van der Waals surface area contributed by atoms with Gasteiger partial charge in [0.25, 0.3) is 0 Å². The van der Waals surface area contributed by atoms with Crippen molar-refractivity contribution in [3.63, 3.8) is 0 Å². The average molecular weight is 240 g/mol. The monoisotopic (exact) mass is 240 g/mol. The van der Waals surface area contributed by atoms with Crippen LogP contribution >= 0.6 is 0 Å². The van der Waals surface area contributed by atoms with E-state index in [2.05, 4.69) is 19.2 Å². The normalized spacial score (nSPS) is 22.0. The molecule has 1 rings (SSSR count). The molecule has 0 aromatic carbocycles. The molecule has 4 nitrogen and oxygen atoms in total. The molecule has 0 aliphatic carbocycles. The number of rotatable bonds is 4. The van der Waals surface area contributed by atoms with Crippen LogP contribution in [0.4, 0.5) is 0 Å². The van der Waals surface area contributed by atoms with Crippen molar-refractivity contribution in [2.45, 2.75) is 59.0 Å². The minimum atomic E-state index is -0.356. The van der Waals surface area contributed by atoms with Crippen LogP contribution in [0.15, 0.2) is 0 Å². The summed E-state index contributed by atoms with van der Waals surface area (Å²) in [6.07, 6.45) is 2.31. The number of carbonyl (C=O) groups excluding carboxylic acids is 2. The van der Waals surface area contributed by atoms with Crippen LogP contribution in [0.3, 0.4) is 0 Å². The molecule has 1 heterocycles. The molecule has 1 unspecified atom stereocenters. The van der Waals surface area contributed by atoms with Crippen LogP contribution in [-0.2, 0) is 9.59 Å². The van der Waals surface area contributed by atoms with Crippen molar-refractivity contribution >= 4 is 11.8 Å². The molecule has 1 fully saturated rings. The quantitative estimate of drug-likeness (QED) is 0.810. The molecular weight excluding hydrogens is 216 g/mol.